The van der Waals surface area contributed by atoms with Crippen LogP contribution in [0.2, 0.25) is 0 Å². The Bertz CT molecular complexity index is 671. The number of fused-ring (bicyclic) bond motifs is 1. The highest BCUT2D eigenvalue weighted by molar-refractivity contribution is 5.83. The van der Waals surface area contributed by atoms with Crippen molar-refractivity contribution in [3.8, 4) is 0 Å². The molecule has 0 saturated heterocycles. The Morgan fingerprint density at radius 1 is 1.11 bits per heavy atom. The van der Waals surface area contributed by atoms with E-state index in [0.29, 0.717) is 0 Å². The minimum absolute atomic E-state index is 0.844. The van der Waals surface area contributed by atoms with E-state index in [9.17, 15) is 0 Å². The SMILES string of the molecule is Cn1cc(CNCc2cccnc2)c2ccccc21. The first-order chi connectivity index (χ1) is 9.34. The van der Waals surface area contributed by atoms with Crippen molar-refractivity contribution in [2.75, 3.05) is 0 Å². The van der Waals surface area contributed by atoms with Gasteiger partial charge in [0.25, 0.3) is 0 Å². The fraction of sp³-hybridized carbons (Fsp3) is 0.188. The molecule has 0 spiro atoms. The zero-order chi connectivity index (χ0) is 13.1. The summed E-state index contributed by atoms with van der Waals surface area (Å²) in [4.78, 5) is 4.12. The largest absolute Gasteiger partial charge is 0.350 e. The van der Waals surface area contributed by atoms with E-state index >= 15 is 0 Å². The van der Waals surface area contributed by atoms with E-state index in [1.54, 1.807) is 6.20 Å². The van der Waals surface area contributed by atoms with Crippen LogP contribution in [0.5, 0.6) is 0 Å². The second-order valence-electron chi connectivity index (χ2n) is 4.75. The third-order valence-corrected chi connectivity index (χ3v) is 3.35. The summed E-state index contributed by atoms with van der Waals surface area (Å²) in [6.07, 6.45) is 5.89. The van der Waals surface area contributed by atoms with E-state index in [1.165, 1.54) is 22.0 Å². The molecule has 0 unspecified atom stereocenters. The lowest BCUT2D eigenvalue weighted by Gasteiger charge is -2.03. The molecule has 0 amide bonds. The van der Waals surface area contributed by atoms with E-state index < -0.39 is 0 Å². The summed E-state index contributed by atoms with van der Waals surface area (Å²) in [5, 5.41) is 4.79. The summed E-state index contributed by atoms with van der Waals surface area (Å²) in [7, 11) is 2.09. The van der Waals surface area contributed by atoms with Crippen molar-refractivity contribution >= 4 is 10.9 Å². The molecule has 0 aliphatic heterocycles. The quantitative estimate of drug-likeness (QED) is 0.772. The van der Waals surface area contributed by atoms with Crippen molar-refractivity contribution in [3.63, 3.8) is 0 Å². The van der Waals surface area contributed by atoms with Crippen LogP contribution in [0.1, 0.15) is 11.1 Å². The topological polar surface area (TPSA) is 29.9 Å². The molecule has 96 valence electrons. The van der Waals surface area contributed by atoms with E-state index in [0.717, 1.165) is 13.1 Å². The Hall–Kier alpha value is -2.13. The van der Waals surface area contributed by atoms with Crippen molar-refractivity contribution in [2.24, 2.45) is 7.05 Å². The molecule has 0 bridgehead atoms. The summed E-state index contributed by atoms with van der Waals surface area (Å²) in [6, 6.07) is 12.6. The molecule has 3 aromatic rings. The minimum Gasteiger partial charge on any atom is -0.350 e. The standard InChI is InChI=1S/C16H17N3/c1-19-12-14(15-6-2-3-7-16(15)19)11-18-10-13-5-4-8-17-9-13/h2-9,12,18H,10-11H2,1H3. The second kappa shape index (κ2) is 5.24. The molecule has 1 aromatic carbocycles. The number of nitrogens with zero attached hydrogens (tertiary/aromatic N) is 2. The van der Waals surface area contributed by atoms with Gasteiger partial charge in [-0.1, -0.05) is 24.3 Å². The van der Waals surface area contributed by atoms with E-state index in [-0.39, 0.29) is 0 Å². The first-order valence-electron chi connectivity index (χ1n) is 6.47. The molecular formula is C16H17N3. The van der Waals surface area contributed by atoms with E-state index in [4.69, 9.17) is 0 Å². The lowest BCUT2D eigenvalue weighted by molar-refractivity contribution is 0.692. The lowest BCUT2D eigenvalue weighted by Crippen LogP contribution is -2.12. The van der Waals surface area contributed by atoms with Gasteiger partial charge in [-0.05, 0) is 23.3 Å². The van der Waals surface area contributed by atoms with Crippen molar-refractivity contribution in [1.29, 1.82) is 0 Å². The number of benzene rings is 1. The highest BCUT2D eigenvalue weighted by atomic mass is 14.9. The van der Waals surface area contributed by atoms with Crippen molar-refractivity contribution in [1.82, 2.24) is 14.9 Å². The number of hydrogen-bond donors (Lipinski definition) is 1. The van der Waals surface area contributed by atoms with Crippen molar-refractivity contribution in [2.45, 2.75) is 13.1 Å². The Morgan fingerprint density at radius 2 is 2.00 bits per heavy atom. The number of aromatic nitrogens is 2. The van der Waals surface area contributed by atoms with E-state index in [2.05, 4.69) is 58.4 Å². The molecule has 3 rings (SSSR count). The zero-order valence-electron chi connectivity index (χ0n) is 11.0. The average molecular weight is 251 g/mol. The van der Waals surface area contributed by atoms with Gasteiger partial charge in [-0.2, -0.15) is 0 Å². The summed E-state index contributed by atoms with van der Waals surface area (Å²) >= 11 is 0. The molecule has 0 saturated carbocycles. The number of hydrogen-bond acceptors (Lipinski definition) is 2. The summed E-state index contributed by atoms with van der Waals surface area (Å²) in [5.41, 5.74) is 3.82. The van der Waals surface area contributed by atoms with Gasteiger partial charge in [-0.15, -0.1) is 0 Å². The average Bonchev–Trinajstić information content (AvgIpc) is 2.78. The molecule has 3 heteroatoms. The van der Waals surface area contributed by atoms with Gasteiger partial charge in [0.15, 0.2) is 0 Å². The molecule has 19 heavy (non-hydrogen) atoms. The van der Waals surface area contributed by atoms with Gasteiger partial charge in [-0.3, -0.25) is 4.98 Å². The molecule has 0 fully saturated rings. The summed E-state index contributed by atoms with van der Waals surface area (Å²) in [6.45, 7) is 1.72. The Labute approximate surface area is 112 Å². The van der Waals surface area contributed by atoms with Gasteiger partial charge < -0.3 is 9.88 Å². The van der Waals surface area contributed by atoms with E-state index in [1.807, 2.05) is 12.3 Å². The zero-order valence-corrected chi connectivity index (χ0v) is 11.0. The minimum atomic E-state index is 0.844. The predicted octanol–water partition coefficient (Wildman–Crippen LogP) is 2.86. The van der Waals surface area contributed by atoms with Crippen molar-refractivity contribution in [3.05, 3.63) is 66.1 Å². The molecular weight excluding hydrogens is 234 g/mol. The molecule has 2 heterocycles. The number of nitrogens with one attached hydrogen (secondary N) is 1. The Balaban J connectivity index is 1.72. The highest BCUT2D eigenvalue weighted by Gasteiger charge is 2.04. The van der Waals surface area contributed by atoms with Crippen LogP contribution in [-0.4, -0.2) is 9.55 Å². The van der Waals surface area contributed by atoms with Crippen LogP contribution in [0.25, 0.3) is 10.9 Å². The van der Waals surface area contributed by atoms with Gasteiger partial charge in [0.05, 0.1) is 0 Å². The smallest absolute Gasteiger partial charge is 0.0481 e. The second-order valence-corrected chi connectivity index (χ2v) is 4.75. The van der Waals surface area contributed by atoms with Gasteiger partial charge in [-0.25, -0.2) is 0 Å². The monoisotopic (exact) mass is 251 g/mol. The van der Waals surface area contributed by atoms with Gasteiger partial charge in [0.1, 0.15) is 0 Å². The molecule has 2 aromatic heterocycles. The third-order valence-electron chi connectivity index (χ3n) is 3.35. The maximum absolute atomic E-state index is 4.12. The first kappa shape index (κ1) is 11.9. The van der Waals surface area contributed by atoms with Crippen molar-refractivity contribution < 1.29 is 0 Å². The highest BCUT2D eigenvalue weighted by Crippen LogP contribution is 2.19. The van der Waals surface area contributed by atoms with Gasteiger partial charge >= 0.3 is 0 Å². The molecule has 0 radical (unpaired) electrons. The number of para-hydroxylation sites is 1. The number of rotatable bonds is 4. The first-order valence-corrected chi connectivity index (χ1v) is 6.47. The van der Waals surface area contributed by atoms with Gasteiger partial charge in [0.2, 0.25) is 0 Å². The summed E-state index contributed by atoms with van der Waals surface area (Å²) in [5.74, 6) is 0. The maximum atomic E-state index is 4.12. The van der Waals surface area contributed by atoms with Gasteiger partial charge in [0, 0.05) is 49.6 Å². The normalized spacial score (nSPS) is 11.0. The predicted molar refractivity (Wildman–Crippen MR) is 77.7 cm³/mol. The maximum Gasteiger partial charge on any atom is 0.0481 e. The fourth-order valence-corrected chi connectivity index (χ4v) is 2.41. The van der Waals surface area contributed by atoms with Crippen LogP contribution in [0.3, 0.4) is 0 Å². The molecule has 3 nitrogen and oxygen atoms in total. The third kappa shape index (κ3) is 2.51. The van der Waals surface area contributed by atoms with Crippen LogP contribution < -0.4 is 5.32 Å². The van der Waals surface area contributed by atoms with Crippen LogP contribution in [0, 0.1) is 0 Å². The Kier molecular flexibility index (Phi) is 3.29. The fourth-order valence-electron chi connectivity index (χ4n) is 2.41. The molecule has 1 N–H and O–H groups in total. The molecule has 0 aliphatic rings. The van der Waals surface area contributed by atoms with Crippen LogP contribution in [0.4, 0.5) is 0 Å². The number of aryl methyl sites for hydroxylation is 1. The lowest BCUT2D eigenvalue weighted by atomic mass is 10.2. The summed E-state index contributed by atoms with van der Waals surface area (Å²) < 4.78 is 2.18. The Morgan fingerprint density at radius 3 is 2.84 bits per heavy atom. The molecule has 0 atom stereocenters. The van der Waals surface area contributed by atoms with Crippen LogP contribution >= 0.6 is 0 Å². The van der Waals surface area contributed by atoms with Crippen LogP contribution in [0.15, 0.2) is 55.0 Å². The van der Waals surface area contributed by atoms with Crippen LogP contribution in [-0.2, 0) is 20.1 Å². The molecule has 0 aliphatic carbocycles. The number of pyridine rings is 1.